The highest BCUT2D eigenvalue weighted by Crippen LogP contribution is 2.39. The summed E-state index contributed by atoms with van der Waals surface area (Å²) in [4.78, 5) is 16.2. The van der Waals surface area contributed by atoms with Crippen molar-refractivity contribution < 1.29 is 19.0 Å². The Kier molecular flexibility index (Phi) is 4.98. The lowest BCUT2D eigenvalue weighted by molar-refractivity contribution is 0.103. The molecule has 1 N–H and O–H groups in total. The van der Waals surface area contributed by atoms with E-state index < -0.39 is 0 Å². The summed E-state index contributed by atoms with van der Waals surface area (Å²) < 4.78 is 16.0. The third-order valence-electron chi connectivity index (χ3n) is 4.31. The lowest BCUT2D eigenvalue weighted by Gasteiger charge is -2.14. The number of rotatable bonds is 6. The Morgan fingerprint density at radius 2 is 1.62 bits per heavy atom. The normalized spacial score (nSPS) is 10.5. The zero-order valence-corrected chi connectivity index (χ0v) is 15.3. The van der Waals surface area contributed by atoms with Gasteiger partial charge in [0.25, 0.3) is 0 Å². The number of benzene rings is 2. The van der Waals surface area contributed by atoms with Gasteiger partial charge < -0.3 is 19.2 Å². The highest BCUT2D eigenvalue weighted by Gasteiger charge is 2.19. The van der Waals surface area contributed by atoms with Crippen LogP contribution in [-0.2, 0) is 0 Å². The van der Waals surface area contributed by atoms with Gasteiger partial charge in [-0.15, -0.1) is 0 Å². The van der Waals surface area contributed by atoms with Crippen LogP contribution in [0.4, 0.5) is 0 Å². The average molecular weight is 351 g/mol. The highest BCUT2D eigenvalue weighted by atomic mass is 16.5. The number of methoxy groups -OCH3 is 3. The van der Waals surface area contributed by atoms with E-state index in [0.717, 1.165) is 16.8 Å². The molecule has 0 fully saturated rings. The average Bonchev–Trinajstić information content (AvgIpc) is 3.20. The highest BCUT2D eigenvalue weighted by molar-refractivity contribution is 6.10. The quantitative estimate of drug-likeness (QED) is 0.675. The minimum Gasteiger partial charge on any atom is -0.493 e. The van der Waals surface area contributed by atoms with Crippen LogP contribution in [0.25, 0.3) is 11.3 Å². The Labute approximate surface area is 152 Å². The zero-order valence-electron chi connectivity index (χ0n) is 15.3. The Morgan fingerprint density at radius 1 is 0.923 bits per heavy atom. The fourth-order valence-corrected chi connectivity index (χ4v) is 2.96. The lowest BCUT2D eigenvalue weighted by Crippen LogP contribution is -2.06. The second-order valence-electron chi connectivity index (χ2n) is 5.86. The molecule has 134 valence electrons. The number of hydrogen-bond donors (Lipinski definition) is 1. The molecule has 0 atom stereocenters. The predicted octanol–water partition coefficient (Wildman–Crippen LogP) is 4.25. The maximum absolute atomic E-state index is 13.0. The van der Waals surface area contributed by atoms with Gasteiger partial charge in [-0.3, -0.25) is 4.79 Å². The monoisotopic (exact) mass is 351 g/mol. The van der Waals surface area contributed by atoms with Crippen LogP contribution >= 0.6 is 0 Å². The van der Waals surface area contributed by atoms with E-state index in [-0.39, 0.29) is 5.78 Å². The second kappa shape index (κ2) is 7.35. The molecule has 0 aliphatic heterocycles. The number of ketones is 1. The van der Waals surface area contributed by atoms with Gasteiger partial charge in [0.15, 0.2) is 17.3 Å². The first-order chi connectivity index (χ1) is 12.6. The summed E-state index contributed by atoms with van der Waals surface area (Å²) in [7, 11) is 4.59. The summed E-state index contributed by atoms with van der Waals surface area (Å²) in [5, 5.41) is 0. The zero-order chi connectivity index (χ0) is 18.7. The summed E-state index contributed by atoms with van der Waals surface area (Å²) in [5.74, 6) is 1.27. The molecule has 0 saturated heterocycles. The molecular weight excluding hydrogens is 330 g/mol. The van der Waals surface area contributed by atoms with Gasteiger partial charge in [0, 0.05) is 23.0 Å². The molecule has 0 saturated carbocycles. The second-order valence-corrected chi connectivity index (χ2v) is 5.86. The fourth-order valence-electron chi connectivity index (χ4n) is 2.96. The molecule has 2 aromatic carbocycles. The van der Waals surface area contributed by atoms with E-state index in [1.807, 2.05) is 43.5 Å². The molecule has 1 aromatic heterocycles. The SMILES string of the molecule is COc1cc(C(=O)c2ccc(-c3ccc[nH]3)cc2C)cc(OC)c1OC. The summed E-state index contributed by atoms with van der Waals surface area (Å²) in [6.07, 6.45) is 1.87. The maximum Gasteiger partial charge on any atom is 0.203 e. The van der Waals surface area contributed by atoms with Crippen LogP contribution in [0.5, 0.6) is 17.2 Å². The number of nitrogens with one attached hydrogen (secondary N) is 1. The van der Waals surface area contributed by atoms with E-state index in [2.05, 4.69) is 4.98 Å². The van der Waals surface area contributed by atoms with Crippen molar-refractivity contribution in [3.63, 3.8) is 0 Å². The van der Waals surface area contributed by atoms with Crippen molar-refractivity contribution >= 4 is 5.78 Å². The van der Waals surface area contributed by atoms with Gasteiger partial charge in [-0.25, -0.2) is 0 Å². The minimum atomic E-state index is -0.0974. The van der Waals surface area contributed by atoms with Crippen LogP contribution in [0.15, 0.2) is 48.7 Å². The summed E-state index contributed by atoms with van der Waals surface area (Å²) >= 11 is 0. The maximum atomic E-state index is 13.0. The van der Waals surface area contributed by atoms with Crippen molar-refractivity contribution in [2.24, 2.45) is 0 Å². The molecule has 0 aliphatic carbocycles. The number of aromatic amines is 1. The van der Waals surface area contributed by atoms with E-state index in [1.54, 1.807) is 12.1 Å². The van der Waals surface area contributed by atoms with Gasteiger partial charge in [0.2, 0.25) is 5.75 Å². The van der Waals surface area contributed by atoms with Crippen LogP contribution in [0.3, 0.4) is 0 Å². The number of carbonyl (C=O) groups is 1. The number of ether oxygens (including phenoxy) is 3. The van der Waals surface area contributed by atoms with Crippen molar-refractivity contribution in [3.05, 3.63) is 65.4 Å². The molecule has 0 radical (unpaired) electrons. The molecule has 26 heavy (non-hydrogen) atoms. The number of carbonyl (C=O) groups excluding carboxylic acids is 1. The molecule has 0 spiro atoms. The van der Waals surface area contributed by atoms with Crippen LogP contribution in [-0.4, -0.2) is 32.1 Å². The number of aryl methyl sites for hydroxylation is 1. The number of H-pyrrole nitrogens is 1. The molecule has 5 heteroatoms. The van der Waals surface area contributed by atoms with Gasteiger partial charge in [-0.05, 0) is 48.4 Å². The molecule has 0 unspecified atom stereocenters. The molecule has 3 aromatic rings. The van der Waals surface area contributed by atoms with E-state index >= 15 is 0 Å². The molecule has 1 heterocycles. The molecule has 3 rings (SSSR count). The predicted molar refractivity (Wildman–Crippen MR) is 100 cm³/mol. The molecule has 0 aliphatic rings. The largest absolute Gasteiger partial charge is 0.493 e. The Bertz CT molecular complexity index is 904. The van der Waals surface area contributed by atoms with E-state index in [9.17, 15) is 4.79 Å². The third-order valence-corrected chi connectivity index (χ3v) is 4.31. The lowest BCUT2D eigenvalue weighted by atomic mass is 9.96. The number of aromatic nitrogens is 1. The molecule has 0 amide bonds. The summed E-state index contributed by atoms with van der Waals surface area (Å²) in [6.45, 7) is 1.93. The van der Waals surface area contributed by atoms with Gasteiger partial charge >= 0.3 is 0 Å². The van der Waals surface area contributed by atoms with Crippen LogP contribution in [0.2, 0.25) is 0 Å². The standard InChI is InChI=1S/C21H21NO4/c1-13-10-14(17-6-5-9-22-17)7-8-16(13)20(23)15-11-18(24-2)21(26-4)19(12-15)25-3/h5-12,22H,1-4H3. The molecule has 0 bridgehead atoms. The Balaban J connectivity index is 2.02. The third kappa shape index (κ3) is 3.16. The van der Waals surface area contributed by atoms with Gasteiger partial charge in [0.1, 0.15) is 0 Å². The van der Waals surface area contributed by atoms with Crippen molar-refractivity contribution in [2.45, 2.75) is 6.92 Å². The first-order valence-corrected chi connectivity index (χ1v) is 8.18. The smallest absolute Gasteiger partial charge is 0.203 e. The first-order valence-electron chi connectivity index (χ1n) is 8.18. The van der Waals surface area contributed by atoms with Crippen molar-refractivity contribution in [1.82, 2.24) is 4.98 Å². The van der Waals surface area contributed by atoms with Crippen LogP contribution < -0.4 is 14.2 Å². The van der Waals surface area contributed by atoms with Crippen molar-refractivity contribution in [2.75, 3.05) is 21.3 Å². The minimum absolute atomic E-state index is 0.0974. The van der Waals surface area contributed by atoms with Crippen molar-refractivity contribution in [3.8, 4) is 28.5 Å². The van der Waals surface area contributed by atoms with Gasteiger partial charge in [-0.1, -0.05) is 12.1 Å². The fraction of sp³-hybridized carbons (Fsp3) is 0.190. The van der Waals surface area contributed by atoms with E-state index in [0.29, 0.717) is 28.4 Å². The van der Waals surface area contributed by atoms with E-state index in [4.69, 9.17) is 14.2 Å². The van der Waals surface area contributed by atoms with Gasteiger partial charge in [0.05, 0.1) is 21.3 Å². The number of hydrogen-bond acceptors (Lipinski definition) is 4. The summed E-state index contributed by atoms with van der Waals surface area (Å²) in [5.41, 5.74) is 4.06. The Hall–Kier alpha value is -3.21. The van der Waals surface area contributed by atoms with Gasteiger partial charge in [-0.2, -0.15) is 0 Å². The molecular formula is C21H21NO4. The first kappa shape index (κ1) is 17.6. The Morgan fingerprint density at radius 3 is 2.12 bits per heavy atom. The summed E-state index contributed by atoms with van der Waals surface area (Å²) in [6, 6.07) is 13.1. The topological polar surface area (TPSA) is 60.6 Å². The van der Waals surface area contributed by atoms with Crippen molar-refractivity contribution in [1.29, 1.82) is 0 Å². The van der Waals surface area contributed by atoms with Crippen LogP contribution in [0.1, 0.15) is 21.5 Å². The van der Waals surface area contributed by atoms with Crippen LogP contribution in [0, 0.1) is 6.92 Å². The molecule has 5 nitrogen and oxygen atoms in total. The van der Waals surface area contributed by atoms with E-state index in [1.165, 1.54) is 21.3 Å².